The summed E-state index contributed by atoms with van der Waals surface area (Å²) in [5.74, 6) is -1.09. The molecule has 0 aromatic rings. The second kappa shape index (κ2) is 6.62. The number of carboxylic acid groups (broad SMARTS) is 1. The first-order valence-corrected chi connectivity index (χ1v) is 7.23. The second-order valence-corrected chi connectivity index (χ2v) is 6.87. The van der Waals surface area contributed by atoms with E-state index in [9.17, 15) is 14.7 Å². The molecule has 122 valence electrons. The minimum atomic E-state index is -1.44. The van der Waals surface area contributed by atoms with E-state index in [2.05, 4.69) is 31.0 Å². The van der Waals surface area contributed by atoms with Gasteiger partial charge in [0.25, 0.3) is 0 Å². The summed E-state index contributed by atoms with van der Waals surface area (Å²) in [5.41, 5.74) is -1.34. The smallest absolute Gasteiger partial charge is 0.317 e. The lowest BCUT2D eigenvalue weighted by molar-refractivity contribution is -0.141. The predicted molar refractivity (Wildman–Crippen MR) is 79.2 cm³/mol. The van der Waals surface area contributed by atoms with E-state index in [0.717, 1.165) is 13.1 Å². The molecule has 1 rings (SSSR count). The van der Waals surface area contributed by atoms with E-state index in [1.807, 2.05) is 0 Å². The van der Waals surface area contributed by atoms with Crippen molar-refractivity contribution in [2.24, 2.45) is 0 Å². The van der Waals surface area contributed by atoms with Crippen molar-refractivity contribution in [1.82, 2.24) is 15.1 Å². The summed E-state index contributed by atoms with van der Waals surface area (Å²) in [6, 6.07) is -0.255. The molecule has 1 aliphatic rings. The minimum Gasteiger partial charge on any atom is -0.481 e. The number of nitrogens with one attached hydrogen (secondary N) is 1. The highest BCUT2D eigenvalue weighted by atomic mass is 16.4. The summed E-state index contributed by atoms with van der Waals surface area (Å²) in [6.45, 7) is 10.6. The minimum absolute atomic E-state index is 0.0718. The zero-order valence-corrected chi connectivity index (χ0v) is 13.3. The molecule has 3 N–H and O–H groups in total. The number of hydrogen-bond donors (Lipinski definition) is 3. The van der Waals surface area contributed by atoms with E-state index >= 15 is 0 Å². The highest BCUT2D eigenvalue weighted by Crippen LogP contribution is 2.16. The van der Waals surface area contributed by atoms with E-state index < -0.39 is 18.0 Å². The molecule has 2 amide bonds. The topological polar surface area (TPSA) is 93.1 Å². The van der Waals surface area contributed by atoms with Crippen LogP contribution in [-0.4, -0.2) is 75.9 Å². The Bertz CT molecular complexity index is 382. The Labute approximate surface area is 125 Å². The van der Waals surface area contributed by atoms with E-state index in [-0.39, 0.29) is 18.1 Å². The van der Waals surface area contributed by atoms with Crippen molar-refractivity contribution >= 4 is 12.0 Å². The maximum Gasteiger partial charge on any atom is 0.317 e. The van der Waals surface area contributed by atoms with Gasteiger partial charge in [-0.15, -0.1) is 0 Å². The third-order valence-corrected chi connectivity index (χ3v) is 3.67. The van der Waals surface area contributed by atoms with Gasteiger partial charge in [-0.25, -0.2) is 4.79 Å². The Morgan fingerprint density at radius 3 is 2.05 bits per heavy atom. The number of hydrogen-bond acceptors (Lipinski definition) is 4. The van der Waals surface area contributed by atoms with Gasteiger partial charge < -0.3 is 20.4 Å². The molecule has 7 nitrogen and oxygen atoms in total. The first-order valence-electron chi connectivity index (χ1n) is 7.23. The Morgan fingerprint density at radius 2 is 1.62 bits per heavy atom. The normalized spacial score (nSPS) is 20.0. The average molecular weight is 301 g/mol. The molecule has 0 radical (unpaired) electrons. The van der Waals surface area contributed by atoms with Gasteiger partial charge in [0.05, 0.1) is 12.0 Å². The number of nitrogens with zero attached hydrogens (tertiary/aromatic N) is 2. The van der Waals surface area contributed by atoms with Crippen molar-refractivity contribution in [1.29, 1.82) is 0 Å². The van der Waals surface area contributed by atoms with Crippen LogP contribution in [0.4, 0.5) is 4.79 Å². The lowest BCUT2D eigenvalue weighted by Gasteiger charge is -2.42. The van der Waals surface area contributed by atoms with Crippen LogP contribution in [0.1, 0.15) is 34.1 Å². The predicted octanol–water partition coefficient (Wildman–Crippen LogP) is 0.338. The van der Waals surface area contributed by atoms with Crippen molar-refractivity contribution in [2.45, 2.75) is 45.3 Å². The molecule has 7 heteroatoms. The molecule has 1 atom stereocenters. The van der Waals surface area contributed by atoms with Gasteiger partial charge in [0.15, 0.2) is 0 Å². The lowest BCUT2D eigenvalue weighted by atomic mass is 10.0. The number of rotatable bonds is 4. The molecule has 1 fully saturated rings. The van der Waals surface area contributed by atoms with Crippen LogP contribution in [0.15, 0.2) is 0 Å². The standard InChI is InChI=1S/C14H27N3O4/c1-13(2,3)17-7-5-16(6-8-17)12(20)15-10-14(4,21)9-11(18)19/h21H,5-10H2,1-4H3,(H,15,20)(H,18,19). The van der Waals surface area contributed by atoms with Crippen LogP contribution in [0.2, 0.25) is 0 Å². The molecule has 0 bridgehead atoms. The van der Waals surface area contributed by atoms with Crippen LogP contribution in [0, 0.1) is 0 Å². The monoisotopic (exact) mass is 301 g/mol. The first-order chi connectivity index (χ1) is 9.51. The number of carboxylic acids is 1. The van der Waals surface area contributed by atoms with Crippen LogP contribution in [-0.2, 0) is 4.79 Å². The fourth-order valence-electron chi connectivity index (χ4n) is 2.35. The number of urea groups is 1. The molecule has 1 heterocycles. The lowest BCUT2D eigenvalue weighted by Crippen LogP contribution is -2.57. The fourth-order valence-corrected chi connectivity index (χ4v) is 2.35. The molecule has 21 heavy (non-hydrogen) atoms. The number of carbonyl (C=O) groups is 2. The molecule has 1 aliphatic heterocycles. The van der Waals surface area contributed by atoms with Gasteiger partial charge in [-0.2, -0.15) is 0 Å². The maximum atomic E-state index is 12.0. The molecule has 0 spiro atoms. The number of aliphatic carboxylic acids is 1. The summed E-state index contributed by atoms with van der Waals surface area (Å²) in [4.78, 5) is 26.6. The third-order valence-electron chi connectivity index (χ3n) is 3.67. The van der Waals surface area contributed by atoms with E-state index in [1.54, 1.807) is 4.90 Å². The molecular weight excluding hydrogens is 274 g/mol. The third kappa shape index (κ3) is 5.89. The number of amides is 2. The molecule has 1 saturated heterocycles. The fraction of sp³-hybridized carbons (Fsp3) is 0.857. The van der Waals surface area contributed by atoms with Crippen molar-refractivity contribution in [3.05, 3.63) is 0 Å². The zero-order chi connectivity index (χ0) is 16.3. The van der Waals surface area contributed by atoms with Crippen molar-refractivity contribution in [2.75, 3.05) is 32.7 Å². The number of carbonyl (C=O) groups excluding carboxylic acids is 1. The molecule has 0 aliphatic carbocycles. The maximum absolute atomic E-state index is 12.0. The Morgan fingerprint density at radius 1 is 1.10 bits per heavy atom. The van der Waals surface area contributed by atoms with E-state index in [1.165, 1.54) is 6.92 Å². The molecule has 1 unspecified atom stereocenters. The molecule has 0 aromatic heterocycles. The quantitative estimate of drug-likeness (QED) is 0.696. The summed E-state index contributed by atoms with van der Waals surface area (Å²) < 4.78 is 0. The van der Waals surface area contributed by atoms with Crippen molar-refractivity contribution in [3.8, 4) is 0 Å². The van der Waals surface area contributed by atoms with Gasteiger partial charge in [0.1, 0.15) is 0 Å². The SMILES string of the molecule is CC(O)(CNC(=O)N1CCN(C(C)(C)C)CC1)CC(=O)O. The summed E-state index contributed by atoms with van der Waals surface area (Å²) in [7, 11) is 0. The molecular formula is C14H27N3O4. The molecule has 0 aromatic carbocycles. The largest absolute Gasteiger partial charge is 0.481 e. The van der Waals surface area contributed by atoms with E-state index in [0.29, 0.717) is 13.1 Å². The Balaban J connectivity index is 2.40. The van der Waals surface area contributed by atoms with Gasteiger partial charge in [0.2, 0.25) is 0 Å². The summed E-state index contributed by atoms with van der Waals surface area (Å²) in [5, 5.41) is 21.1. The number of aliphatic hydroxyl groups is 1. The van der Waals surface area contributed by atoms with Gasteiger partial charge in [-0.1, -0.05) is 0 Å². The van der Waals surface area contributed by atoms with Crippen molar-refractivity contribution in [3.63, 3.8) is 0 Å². The second-order valence-electron chi connectivity index (χ2n) is 6.87. The summed E-state index contributed by atoms with van der Waals surface area (Å²) in [6.07, 6.45) is -0.398. The van der Waals surface area contributed by atoms with Crippen molar-refractivity contribution < 1.29 is 19.8 Å². The van der Waals surface area contributed by atoms with Crippen LogP contribution >= 0.6 is 0 Å². The average Bonchev–Trinajstić information content (AvgIpc) is 2.33. The van der Waals surface area contributed by atoms with Gasteiger partial charge in [0, 0.05) is 38.3 Å². The van der Waals surface area contributed by atoms with Gasteiger partial charge in [-0.3, -0.25) is 9.69 Å². The highest BCUT2D eigenvalue weighted by molar-refractivity contribution is 5.74. The number of piperazine rings is 1. The molecule has 0 saturated carbocycles. The van der Waals surface area contributed by atoms with Crippen LogP contribution in [0.5, 0.6) is 0 Å². The van der Waals surface area contributed by atoms with E-state index in [4.69, 9.17) is 5.11 Å². The van der Waals surface area contributed by atoms with Crippen LogP contribution in [0.25, 0.3) is 0 Å². The zero-order valence-electron chi connectivity index (χ0n) is 13.3. The van der Waals surface area contributed by atoms with Gasteiger partial charge in [-0.05, 0) is 27.7 Å². The Kier molecular flexibility index (Phi) is 5.58. The van der Waals surface area contributed by atoms with Crippen LogP contribution in [0.3, 0.4) is 0 Å². The van der Waals surface area contributed by atoms with Crippen LogP contribution < -0.4 is 5.32 Å². The summed E-state index contributed by atoms with van der Waals surface area (Å²) >= 11 is 0. The first kappa shape index (κ1) is 17.7. The van der Waals surface area contributed by atoms with Gasteiger partial charge >= 0.3 is 12.0 Å². The Hall–Kier alpha value is -1.34. The highest BCUT2D eigenvalue weighted by Gasteiger charge is 2.29.